The van der Waals surface area contributed by atoms with Crippen LogP contribution in [0.3, 0.4) is 0 Å². The van der Waals surface area contributed by atoms with Gasteiger partial charge in [0.2, 0.25) is 0 Å². The summed E-state index contributed by atoms with van der Waals surface area (Å²) in [6, 6.07) is 10.1. The monoisotopic (exact) mass is 580 g/mol. The zero-order chi connectivity index (χ0) is 30.1. The summed E-state index contributed by atoms with van der Waals surface area (Å²) in [4.78, 5) is 59.2. The van der Waals surface area contributed by atoms with Crippen molar-refractivity contribution in [1.29, 1.82) is 0 Å². The Labute approximate surface area is 246 Å². The molecule has 2 aliphatic rings. The molecule has 218 valence electrons. The minimum absolute atomic E-state index is 0.00442. The largest absolute Gasteiger partial charge is 0.486 e. The minimum Gasteiger partial charge on any atom is -0.486 e. The van der Waals surface area contributed by atoms with Gasteiger partial charge in [0.05, 0.1) is 11.6 Å². The van der Waals surface area contributed by atoms with E-state index in [2.05, 4.69) is 32.3 Å². The summed E-state index contributed by atoms with van der Waals surface area (Å²) in [5.74, 6) is -0.600. The van der Waals surface area contributed by atoms with Gasteiger partial charge in [0.25, 0.3) is 17.6 Å². The smallest absolute Gasteiger partial charge is 0.338 e. The fourth-order valence-corrected chi connectivity index (χ4v) is 5.50. The summed E-state index contributed by atoms with van der Waals surface area (Å²) in [5, 5.41) is 9.98. The maximum absolute atomic E-state index is 13.5. The Morgan fingerprint density at radius 1 is 1.19 bits per heavy atom. The molecule has 0 saturated heterocycles. The minimum atomic E-state index is -0.498. The molecular formula is C31H28N6O6. The fraction of sp³-hybridized carbons (Fsp3) is 0.258. The highest BCUT2D eigenvalue weighted by Gasteiger charge is 2.29. The quantitative estimate of drug-likeness (QED) is 0.236. The number of rotatable bonds is 8. The van der Waals surface area contributed by atoms with Crippen LogP contribution in [0, 0.1) is 6.92 Å². The normalized spacial score (nSPS) is 15.3. The highest BCUT2D eigenvalue weighted by atomic mass is 16.5. The second-order valence-electron chi connectivity index (χ2n) is 10.4. The van der Waals surface area contributed by atoms with Crippen molar-refractivity contribution >= 4 is 29.3 Å². The molecule has 2 amide bonds. The van der Waals surface area contributed by atoms with E-state index in [0.717, 1.165) is 27.8 Å². The average molecular weight is 581 g/mol. The Morgan fingerprint density at radius 2 is 2.05 bits per heavy atom. The lowest BCUT2D eigenvalue weighted by molar-refractivity contribution is -0.121. The molecule has 0 bridgehead atoms. The van der Waals surface area contributed by atoms with E-state index >= 15 is 0 Å². The van der Waals surface area contributed by atoms with Gasteiger partial charge in [0, 0.05) is 24.6 Å². The molecule has 0 spiro atoms. The Hall–Kier alpha value is -5.39. The summed E-state index contributed by atoms with van der Waals surface area (Å²) < 4.78 is 11.9. The number of hydrogen-bond donors (Lipinski definition) is 2. The standard InChI is InChI=1S/C31H28N6O6/c1-3-10-42-30(41)22-5-6-23-21(17(22)2)7-8-24(23)35-29(40)26-13-25(36-31-33-16-34-37(26)31)28(39)32-14-18-4-9-27-19(11-18)12-20(38)15-43-27/h3-6,9,11,13,16,24H,1,7-8,10,12,14-15H2,2H3,(H,32,39)(H,35,40)/t24-/m0/s1. The van der Waals surface area contributed by atoms with Crippen LogP contribution < -0.4 is 15.4 Å². The Bertz CT molecular complexity index is 1810. The topological polar surface area (TPSA) is 154 Å². The number of esters is 1. The van der Waals surface area contributed by atoms with Crippen molar-refractivity contribution in [2.24, 2.45) is 0 Å². The van der Waals surface area contributed by atoms with Crippen molar-refractivity contribution < 1.29 is 28.7 Å². The van der Waals surface area contributed by atoms with Crippen molar-refractivity contribution in [3.05, 3.63) is 100 Å². The van der Waals surface area contributed by atoms with Crippen LogP contribution in [-0.2, 0) is 28.9 Å². The van der Waals surface area contributed by atoms with E-state index in [4.69, 9.17) is 9.47 Å². The lowest BCUT2D eigenvalue weighted by atomic mass is 9.98. The molecule has 0 unspecified atom stereocenters. The summed E-state index contributed by atoms with van der Waals surface area (Å²) in [5.41, 5.74) is 4.90. The van der Waals surface area contributed by atoms with Gasteiger partial charge in [-0.3, -0.25) is 14.4 Å². The lowest BCUT2D eigenvalue weighted by Gasteiger charge is -2.17. The van der Waals surface area contributed by atoms with Gasteiger partial charge < -0.3 is 20.1 Å². The third-order valence-corrected chi connectivity index (χ3v) is 7.62. The third-order valence-electron chi connectivity index (χ3n) is 7.62. The van der Waals surface area contributed by atoms with E-state index in [0.29, 0.717) is 24.2 Å². The number of nitrogens with one attached hydrogen (secondary N) is 2. The average Bonchev–Trinajstić information content (AvgIpc) is 3.65. The number of amides is 2. The van der Waals surface area contributed by atoms with Crippen molar-refractivity contribution in [2.75, 3.05) is 13.2 Å². The zero-order valence-corrected chi connectivity index (χ0v) is 23.4. The highest BCUT2D eigenvalue weighted by Crippen LogP contribution is 2.35. The molecule has 2 aromatic heterocycles. The van der Waals surface area contributed by atoms with E-state index in [1.165, 1.54) is 23.0 Å². The van der Waals surface area contributed by atoms with Crippen LogP contribution >= 0.6 is 0 Å². The van der Waals surface area contributed by atoms with Crippen molar-refractivity contribution in [3.8, 4) is 5.75 Å². The first-order valence-corrected chi connectivity index (χ1v) is 13.8. The second kappa shape index (κ2) is 11.5. The predicted octanol–water partition coefficient (Wildman–Crippen LogP) is 2.63. The first kappa shape index (κ1) is 27.8. The number of nitrogens with zero attached hydrogens (tertiary/aromatic N) is 4. The molecule has 0 fully saturated rings. The summed E-state index contributed by atoms with van der Waals surface area (Å²) >= 11 is 0. The van der Waals surface area contributed by atoms with Crippen LogP contribution in [-0.4, -0.2) is 56.4 Å². The molecule has 1 aliphatic heterocycles. The summed E-state index contributed by atoms with van der Waals surface area (Å²) in [6.45, 7) is 5.82. The van der Waals surface area contributed by atoms with E-state index < -0.39 is 17.8 Å². The van der Waals surface area contributed by atoms with E-state index in [1.807, 2.05) is 25.1 Å². The Kier molecular flexibility index (Phi) is 7.41. The SMILES string of the molecule is C=CCOC(=O)c1ccc2c(c1C)CC[C@@H]2NC(=O)c1cc(C(=O)NCc2ccc3c(c2)CC(=O)CO3)nc2ncnn12. The number of benzene rings is 2. The first-order valence-electron chi connectivity index (χ1n) is 13.8. The summed E-state index contributed by atoms with van der Waals surface area (Å²) in [7, 11) is 0. The molecule has 0 radical (unpaired) electrons. The molecule has 2 aromatic carbocycles. The fourth-order valence-electron chi connectivity index (χ4n) is 5.50. The molecule has 6 rings (SSSR count). The number of Topliss-reactive ketones (excluding diaryl/α,β-unsaturated/α-hetero) is 1. The van der Waals surface area contributed by atoms with Crippen molar-refractivity contribution in [1.82, 2.24) is 30.2 Å². The van der Waals surface area contributed by atoms with Crippen molar-refractivity contribution in [2.45, 2.75) is 38.8 Å². The number of fused-ring (bicyclic) bond motifs is 3. The first-order chi connectivity index (χ1) is 20.8. The zero-order valence-electron chi connectivity index (χ0n) is 23.4. The molecule has 4 aromatic rings. The lowest BCUT2D eigenvalue weighted by Crippen LogP contribution is -2.31. The van der Waals surface area contributed by atoms with Crippen LogP contribution in [0.15, 0.2) is 55.4 Å². The van der Waals surface area contributed by atoms with E-state index in [-0.39, 0.29) is 55.2 Å². The van der Waals surface area contributed by atoms with E-state index in [9.17, 15) is 19.2 Å². The van der Waals surface area contributed by atoms with Crippen LogP contribution in [0.2, 0.25) is 0 Å². The molecule has 43 heavy (non-hydrogen) atoms. The number of carbonyl (C=O) groups excluding carboxylic acids is 4. The maximum Gasteiger partial charge on any atom is 0.338 e. The number of carbonyl (C=O) groups is 4. The molecule has 2 N–H and O–H groups in total. The van der Waals surface area contributed by atoms with Crippen LogP contribution in [0.5, 0.6) is 5.75 Å². The molecule has 1 atom stereocenters. The molecule has 12 nitrogen and oxygen atoms in total. The van der Waals surface area contributed by atoms with Gasteiger partial charge in [-0.1, -0.05) is 24.8 Å². The van der Waals surface area contributed by atoms with Gasteiger partial charge in [-0.05, 0) is 60.2 Å². The molecule has 3 heterocycles. The molecule has 1 aliphatic carbocycles. The number of ketones is 1. The molecule has 0 saturated carbocycles. The van der Waals surface area contributed by atoms with Gasteiger partial charge in [0.1, 0.15) is 36.7 Å². The summed E-state index contributed by atoms with van der Waals surface area (Å²) in [6.07, 6.45) is 4.39. The van der Waals surface area contributed by atoms with Gasteiger partial charge in [-0.15, -0.1) is 0 Å². The van der Waals surface area contributed by atoms with Crippen LogP contribution in [0.25, 0.3) is 5.78 Å². The van der Waals surface area contributed by atoms with Gasteiger partial charge >= 0.3 is 5.97 Å². The number of hydrogen-bond acceptors (Lipinski definition) is 9. The Morgan fingerprint density at radius 3 is 2.88 bits per heavy atom. The third kappa shape index (κ3) is 5.46. The molecular weight excluding hydrogens is 552 g/mol. The van der Waals surface area contributed by atoms with Gasteiger partial charge in [0.15, 0.2) is 5.78 Å². The van der Waals surface area contributed by atoms with E-state index in [1.54, 1.807) is 12.1 Å². The highest BCUT2D eigenvalue weighted by molar-refractivity contribution is 5.98. The molecule has 12 heteroatoms. The predicted molar refractivity (Wildman–Crippen MR) is 153 cm³/mol. The van der Waals surface area contributed by atoms with Gasteiger partial charge in [-0.25, -0.2) is 9.78 Å². The number of ether oxygens (including phenoxy) is 2. The van der Waals surface area contributed by atoms with Crippen LogP contribution in [0.4, 0.5) is 0 Å². The maximum atomic E-state index is 13.5. The second-order valence-corrected chi connectivity index (χ2v) is 10.4. The van der Waals surface area contributed by atoms with Crippen LogP contribution in [0.1, 0.15) is 71.6 Å². The Balaban J connectivity index is 1.18. The number of aromatic nitrogens is 4. The van der Waals surface area contributed by atoms with Crippen molar-refractivity contribution in [3.63, 3.8) is 0 Å². The van der Waals surface area contributed by atoms with Gasteiger partial charge in [-0.2, -0.15) is 14.6 Å².